The summed E-state index contributed by atoms with van der Waals surface area (Å²) >= 11 is 0. The molecular weight excluding hydrogens is 527 g/mol. The maximum Gasteiger partial charge on any atom is 0.169 e. The second-order valence-corrected chi connectivity index (χ2v) is 12.3. The smallest absolute Gasteiger partial charge is 0.169 e. The summed E-state index contributed by atoms with van der Waals surface area (Å²) in [6.45, 7) is 7.28. The van der Waals surface area contributed by atoms with Crippen LogP contribution in [0.15, 0.2) is 97.6 Å². The largest absolute Gasteiger partial charge is 0.384 e. The minimum atomic E-state index is 0.977. The number of rotatable bonds is 15. The fourth-order valence-electron chi connectivity index (χ4n) is 4.16. The lowest BCUT2D eigenvalue weighted by molar-refractivity contribution is -0.693. The zero-order chi connectivity index (χ0) is 27.8. The van der Waals surface area contributed by atoms with Gasteiger partial charge in [0.25, 0.3) is 0 Å². The molecule has 0 atom stereocenters. The molecule has 0 bridgehead atoms. The summed E-state index contributed by atoms with van der Waals surface area (Å²) in [6, 6.07) is 26.3. The molecule has 2 aromatic carbocycles. The summed E-state index contributed by atoms with van der Waals surface area (Å²) in [4.78, 5) is 0. The Kier molecular flexibility index (Phi) is 12.4. The van der Waals surface area contributed by atoms with Crippen molar-refractivity contribution in [2.45, 2.75) is 39.8 Å². The van der Waals surface area contributed by atoms with Gasteiger partial charge in [0, 0.05) is 48.0 Å². The second-order valence-electron chi connectivity index (χ2n) is 9.63. The van der Waals surface area contributed by atoms with Crippen LogP contribution in [0.3, 0.4) is 0 Å². The van der Waals surface area contributed by atoms with E-state index in [2.05, 4.69) is 150 Å². The van der Waals surface area contributed by atoms with Gasteiger partial charge in [0.2, 0.25) is 0 Å². The summed E-state index contributed by atoms with van der Waals surface area (Å²) in [5, 5.41) is 3.54. The Balaban J connectivity index is 1.06. The summed E-state index contributed by atoms with van der Waals surface area (Å²) < 4.78 is 4.34. The van der Waals surface area contributed by atoms with Gasteiger partial charge in [-0.1, -0.05) is 82.3 Å². The predicted octanol–water partition coefficient (Wildman–Crippen LogP) is 8.07. The lowest BCUT2D eigenvalue weighted by Gasteiger charge is -2.07. The molecule has 0 aliphatic rings. The lowest BCUT2D eigenvalue weighted by atomic mass is 10.1. The molecule has 0 aliphatic heterocycles. The molecule has 4 aromatic rings. The maximum absolute atomic E-state index is 3.54. The number of hydrogen-bond acceptors (Lipinski definition) is 3. The molecule has 0 amide bonds. The Morgan fingerprint density at radius 1 is 0.575 bits per heavy atom. The number of hydrogen-bond donors (Lipinski definition) is 1. The Morgan fingerprint density at radius 2 is 1.02 bits per heavy atom. The molecule has 4 rings (SSSR count). The van der Waals surface area contributed by atoms with Gasteiger partial charge in [0.1, 0.15) is 13.1 Å². The number of aromatic nitrogens is 2. The first-order chi connectivity index (χ1) is 19.7. The Bertz CT molecular complexity index is 1220. The van der Waals surface area contributed by atoms with Crippen LogP contribution in [0.4, 0.5) is 5.69 Å². The van der Waals surface area contributed by atoms with Crippen molar-refractivity contribution >= 4 is 51.6 Å². The lowest BCUT2D eigenvalue weighted by Crippen LogP contribution is -2.30. The molecule has 0 fully saturated rings. The van der Waals surface area contributed by atoms with Gasteiger partial charge in [-0.2, -0.15) is 0 Å². The van der Waals surface area contributed by atoms with E-state index in [4.69, 9.17) is 0 Å². The molecule has 2 heterocycles. The number of nitrogens with zero attached hydrogens (tertiary/aromatic N) is 2. The van der Waals surface area contributed by atoms with Crippen LogP contribution in [-0.2, 0) is 19.5 Å². The highest BCUT2D eigenvalue weighted by atomic mass is 33.1. The molecule has 40 heavy (non-hydrogen) atoms. The third kappa shape index (κ3) is 10.4. The van der Waals surface area contributed by atoms with E-state index in [1.165, 1.54) is 45.7 Å². The van der Waals surface area contributed by atoms with Crippen LogP contribution in [0, 0.1) is 0 Å². The van der Waals surface area contributed by atoms with E-state index in [-0.39, 0.29) is 0 Å². The molecule has 2 aromatic heterocycles. The topological polar surface area (TPSA) is 19.8 Å². The van der Waals surface area contributed by atoms with Crippen LogP contribution in [0.5, 0.6) is 0 Å². The van der Waals surface area contributed by atoms with E-state index in [1.54, 1.807) is 0 Å². The molecule has 5 heteroatoms. The van der Waals surface area contributed by atoms with Gasteiger partial charge in [-0.3, -0.25) is 0 Å². The average Bonchev–Trinajstić information content (AvgIpc) is 3.02. The van der Waals surface area contributed by atoms with Crippen LogP contribution in [0.2, 0.25) is 0 Å². The average molecular weight is 568 g/mol. The van der Waals surface area contributed by atoms with Crippen molar-refractivity contribution < 1.29 is 9.13 Å². The zero-order valence-corrected chi connectivity index (χ0v) is 25.3. The minimum absolute atomic E-state index is 0.977. The number of anilines is 1. The third-order valence-corrected chi connectivity index (χ3v) is 9.17. The van der Waals surface area contributed by atoms with Crippen molar-refractivity contribution in [3.05, 3.63) is 125 Å². The number of nitrogens with one attached hydrogen (secondary N) is 1. The quantitative estimate of drug-likeness (QED) is 0.0891. The van der Waals surface area contributed by atoms with E-state index in [0.717, 1.165) is 31.8 Å². The van der Waals surface area contributed by atoms with Gasteiger partial charge in [0.15, 0.2) is 24.8 Å². The summed E-state index contributed by atoms with van der Waals surface area (Å²) in [6.07, 6.45) is 19.5. The fourth-order valence-corrected chi connectivity index (χ4v) is 6.16. The van der Waals surface area contributed by atoms with Crippen LogP contribution in [-0.4, -0.2) is 18.1 Å². The Morgan fingerprint density at radius 3 is 1.52 bits per heavy atom. The number of benzene rings is 2. The molecule has 0 saturated heterocycles. The van der Waals surface area contributed by atoms with Gasteiger partial charge in [-0.15, -0.1) is 0 Å². The molecule has 3 nitrogen and oxygen atoms in total. The minimum Gasteiger partial charge on any atom is -0.384 e. The van der Waals surface area contributed by atoms with Gasteiger partial charge < -0.3 is 5.32 Å². The van der Waals surface area contributed by atoms with Crippen molar-refractivity contribution in [1.82, 2.24) is 0 Å². The second kappa shape index (κ2) is 16.7. The van der Waals surface area contributed by atoms with E-state index in [1.807, 2.05) is 21.6 Å². The standard InChI is InChI=1S/C35H40N3S2/c1-3-37-24-19-33(20-25-37)13-11-31-9-7-30(8-10-31)6-5-28-39-40-29-23-36-35-17-15-32(16-18-35)12-14-34-21-26-38(4-2)27-22-34/h7-22,24-27H,3-6,23,28-29H2,1-2H3/q+1/p+1/b13-11+. The van der Waals surface area contributed by atoms with E-state index in [9.17, 15) is 0 Å². The highest BCUT2D eigenvalue weighted by Crippen LogP contribution is 2.23. The SMILES string of the molecule is CC[n+]1ccc(/C=C/c2ccc(CCCSSCCNc3ccc(/C=C/c4cc[n+](CC)cc4)cc3)cc2)cc1. The fraction of sp³-hybridized carbons (Fsp3) is 0.257. The molecule has 206 valence electrons. The van der Waals surface area contributed by atoms with Gasteiger partial charge >= 0.3 is 0 Å². The van der Waals surface area contributed by atoms with E-state index >= 15 is 0 Å². The summed E-state index contributed by atoms with van der Waals surface area (Å²) in [5.74, 6) is 2.28. The highest BCUT2D eigenvalue weighted by molar-refractivity contribution is 8.76. The van der Waals surface area contributed by atoms with Crippen molar-refractivity contribution in [3.8, 4) is 0 Å². The molecule has 0 unspecified atom stereocenters. The highest BCUT2D eigenvalue weighted by Gasteiger charge is 1.99. The zero-order valence-electron chi connectivity index (χ0n) is 23.7. The van der Waals surface area contributed by atoms with Crippen molar-refractivity contribution in [3.63, 3.8) is 0 Å². The van der Waals surface area contributed by atoms with Crippen molar-refractivity contribution in [2.24, 2.45) is 0 Å². The first-order valence-electron chi connectivity index (χ1n) is 14.2. The van der Waals surface area contributed by atoms with Gasteiger partial charge in [-0.25, -0.2) is 9.13 Å². The summed E-state index contributed by atoms with van der Waals surface area (Å²) in [5.41, 5.74) is 7.50. The maximum atomic E-state index is 3.54. The van der Waals surface area contributed by atoms with Gasteiger partial charge in [-0.05, 0) is 66.6 Å². The number of pyridine rings is 2. The first-order valence-corrected chi connectivity index (χ1v) is 16.7. The van der Waals surface area contributed by atoms with Crippen LogP contribution in [0.1, 0.15) is 48.1 Å². The number of aryl methyl sites for hydroxylation is 3. The summed E-state index contributed by atoms with van der Waals surface area (Å²) in [7, 11) is 3.94. The molecule has 0 saturated carbocycles. The van der Waals surface area contributed by atoms with Crippen LogP contribution >= 0.6 is 21.6 Å². The molecule has 0 spiro atoms. The molecule has 0 radical (unpaired) electrons. The van der Waals surface area contributed by atoms with Crippen molar-refractivity contribution in [2.75, 3.05) is 23.4 Å². The monoisotopic (exact) mass is 567 g/mol. The Labute approximate surface area is 248 Å². The Hall–Kier alpha value is -3.28. The van der Waals surface area contributed by atoms with Gasteiger partial charge in [0.05, 0.1) is 0 Å². The molecule has 0 aliphatic carbocycles. The van der Waals surface area contributed by atoms with E-state index in [0.29, 0.717) is 0 Å². The normalized spacial score (nSPS) is 11.4. The first kappa shape index (κ1) is 29.7. The van der Waals surface area contributed by atoms with Crippen LogP contribution in [0.25, 0.3) is 24.3 Å². The van der Waals surface area contributed by atoms with Crippen LogP contribution < -0.4 is 14.5 Å². The molecule has 1 N–H and O–H groups in total. The predicted molar refractivity (Wildman–Crippen MR) is 177 cm³/mol. The van der Waals surface area contributed by atoms with E-state index < -0.39 is 0 Å². The molecular formula is C35H41N3S2+2. The third-order valence-electron chi connectivity index (χ3n) is 6.68. The van der Waals surface area contributed by atoms with Crippen molar-refractivity contribution in [1.29, 1.82) is 0 Å².